The van der Waals surface area contributed by atoms with Gasteiger partial charge in [-0.1, -0.05) is 169 Å². The Morgan fingerprint density at radius 2 is 0.662 bits per heavy atom. The number of benzene rings is 9. The van der Waals surface area contributed by atoms with Gasteiger partial charge in [-0.2, -0.15) is 5.26 Å². The Labute approximate surface area is 420 Å². The van der Waals surface area contributed by atoms with Crippen molar-refractivity contribution in [1.29, 1.82) is 5.26 Å². The van der Waals surface area contributed by atoms with Crippen LogP contribution in [0.15, 0.2) is 212 Å². The van der Waals surface area contributed by atoms with Crippen molar-refractivity contribution < 1.29 is 46.6 Å². The summed E-state index contributed by atoms with van der Waals surface area (Å²) in [6.07, 6.45) is 0. The van der Waals surface area contributed by atoms with E-state index in [0.717, 1.165) is 10.6 Å². The van der Waals surface area contributed by atoms with Crippen LogP contribution in [0.2, 0.25) is 0 Å². The molecule has 0 atom stereocenters. The van der Waals surface area contributed by atoms with Gasteiger partial charge in [-0.05, 0) is 42.3 Å². The van der Waals surface area contributed by atoms with Gasteiger partial charge in [0.1, 0.15) is 11.6 Å². The second-order valence-electron chi connectivity index (χ2n) is 13.8. The Morgan fingerprint density at radius 3 is 1.03 bits per heavy atom. The molecule has 4 aromatic heterocycles. The summed E-state index contributed by atoms with van der Waals surface area (Å²) in [4.78, 5) is 13.7. The maximum atomic E-state index is 12.5. The van der Waals surface area contributed by atoms with Gasteiger partial charge < -0.3 is 13.7 Å². The molecule has 7 heteroatoms. The molecule has 0 saturated carbocycles. The first-order valence-corrected chi connectivity index (χ1v) is 18.9. The van der Waals surface area contributed by atoms with E-state index in [2.05, 4.69) is 15.0 Å². The summed E-state index contributed by atoms with van der Waals surface area (Å²) in [6.45, 7) is 0. The molecule has 13 rings (SSSR count). The third kappa shape index (κ3) is 5.51. The molecule has 7 nitrogen and oxygen atoms in total. The van der Waals surface area contributed by atoms with Crippen LogP contribution in [-0.4, -0.2) is 28.7 Å². The highest BCUT2D eigenvalue weighted by molar-refractivity contribution is 6.13. The minimum Gasteiger partial charge on any atom is -0.308 e. The number of rotatable bonds is 6. The number of aromatic nitrogens is 6. The first-order valence-electron chi connectivity index (χ1n) is 35.9. The Kier molecular flexibility index (Phi) is 3.61. The first kappa shape index (κ1) is 16.2. The predicted octanol–water partition coefficient (Wildman–Crippen LogP) is 14.0. The van der Waals surface area contributed by atoms with Crippen LogP contribution in [0.25, 0.3) is 117 Å². The summed E-state index contributed by atoms with van der Waals surface area (Å²) in [5.74, 6) is -3.34. The van der Waals surface area contributed by atoms with Gasteiger partial charge in [0.25, 0.3) is 0 Å². The van der Waals surface area contributed by atoms with Gasteiger partial charge in [-0.3, -0.25) is 0 Å². The number of hydrogen-bond donors (Lipinski definition) is 0. The van der Waals surface area contributed by atoms with E-state index in [4.69, 9.17) is 19.2 Å². The van der Waals surface area contributed by atoms with E-state index in [1.807, 2.05) is 6.07 Å². The summed E-state index contributed by atoms with van der Waals surface area (Å²) in [6, 6.07) is -32.8. The highest BCUT2D eigenvalue weighted by Crippen LogP contribution is 2.46. The topological polar surface area (TPSA) is 77.2 Å². The molecule has 0 saturated heterocycles. The van der Waals surface area contributed by atoms with Crippen LogP contribution in [0.5, 0.6) is 0 Å². The Balaban J connectivity index is 1.49. The number of hydrogen-bond acceptors (Lipinski definition) is 4. The molecular formula is C58H35N7. The molecule has 0 aliphatic heterocycles. The molecule has 0 fully saturated rings. The third-order valence-electron chi connectivity index (χ3n) is 10.5. The number of nitriles is 1. The van der Waals surface area contributed by atoms with E-state index >= 15 is 0 Å². The maximum absolute atomic E-state index is 12.5. The zero-order valence-electron chi connectivity index (χ0n) is 66.2. The summed E-state index contributed by atoms with van der Waals surface area (Å²) in [5, 5.41) is 8.28. The summed E-state index contributed by atoms with van der Waals surface area (Å²) >= 11 is 0. The Morgan fingerprint density at radius 1 is 0.354 bits per heavy atom. The fourth-order valence-corrected chi connectivity index (χ4v) is 7.95. The normalized spacial score (nSPS) is 19.0. The molecule has 0 aliphatic carbocycles. The highest BCUT2D eigenvalue weighted by atomic mass is 15.1. The minimum absolute atomic E-state index is 0.636. The van der Waals surface area contributed by atoms with Gasteiger partial charge in [0.05, 0.1) is 102 Å². The lowest BCUT2D eigenvalue weighted by molar-refractivity contribution is 1.04. The van der Waals surface area contributed by atoms with Crippen molar-refractivity contribution in [2.24, 2.45) is 0 Å². The van der Waals surface area contributed by atoms with Gasteiger partial charge in [-0.25, -0.2) is 15.0 Å². The molecule has 0 aliphatic rings. The minimum atomic E-state index is -1.18. The summed E-state index contributed by atoms with van der Waals surface area (Å²) in [7, 11) is 0. The van der Waals surface area contributed by atoms with E-state index in [0.29, 0.717) is 9.13 Å². The van der Waals surface area contributed by atoms with E-state index in [-0.39, 0.29) is 0 Å². The van der Waals surface area contributed by atoms with Gasteiger partial charge >= 0.3 is 0 Å². The molecule has 0 unspecified atom stereocenters. The van der Waals surface area contributed by atoms with Crippen LogP contribution < -0.4 is 0 Å². The van der Waals surface area contributed by atoms with Gasteiger partial charge in [0, 0.05) is 43.4 Å². The molecular weight excluding hydrogens is 795 g/mol. The predicted molar refractivity (Wildman–Crippen MR) is 264 cm³/mol. The van der Waals surface area contributed by atoms with Crippen LogP contribution in [-0.2, 0) is 0 Å². The summed E-state index contributed by atoms with van der Waals surface area (Å²) in [5.41, 5.74) is -12.1. The molecule has 0 bridgehead atoms. The Hall–Kier alpha value is -9.12. The zero-order chi connectivity index (χ0) is 72.6. The van der Waals surface area contributed by atoms with E-state index < -0.39 is 328 Å². The lowest BCUT2D eigenvalue weighted by Crippen LogP contribution is -2.12. The maximum Gasteiger partial charge on any atom is 0.168 e. The highest BCUT2D eigenvalue weighted by Gasteiger charge is 2.31. The van der Waals surface area contributed by atoms with Crippen molar-refractivity contribution in [3.63, 3.8) is 0 Å². The zero-order valence-corrected chi connectivity index (χ0v) is 32.2. The molecule has 0 amide bonds. The molecule has 302 valence electrons. The van der Waals surface area contributed by atoms with Gasteiger partial charge in [0.15, 0.2) is 17.5 Å². The fraction of sp³-hybridized carbons (Fsp3) is 0. The van der Waals surface area contributed by atoms with Crippen molar-refractivity contribution in [3.8, 4) is 57.3 Å². The van der Waals surface area contributed by atoms with Crippen molar-refractivity contribution in [3.05, 3.63) is 217 Å². The molecule has 4 heterocycles. The van der Waals surface area contributed by atoms with E-state index in [1.165, 1.54) is 0 Å². The second-order valence-corrected chi connectivity index (χ2v) is 13.8. The number of para-hydroxylation sites is 6. The van der Waals surface area contributed by atoms with Crippen molar-refractivity contribution in [2.45, 2.75) is 0 Å². The monoisotopic (exact) mass is 864 g/mol. The molecule has 9 aromatic carbocycles. The molecule has 0 spiro atoms. The van der Waals surface area contributed by atoms with Crippen LogP contribution in [0.1, 0.15) is 52.2 Å². The molecule has 0 radical (unpaired) electrons. The average Bonchev–Trinajstić information content (AvgIpc) is 1.55. The molecule has 13 aromatic rings. The van der Waals surface area contributed by atoms with Crippen LogP contribution in [0.4, 0.5) is 0 Å². The van der Waals surface area contributed by atoms with E-state index in [9.17, 15) is 32.7 Å². The largest absolute Gasteiger partial charge is 0.308 e. The second kappa shape index (κ2) is 14.5. The average molecular weight is 864 g/mol. The SMILES string of the molecule is [2H]c1c([2H])c([2H])c(-c2nc(-c3c([2H])c([2H])c([2H])c([2H])c3[2H])nc(-c3c(-n4c5c([2H])c([2H])c([2H])c([2H])c5c5c([2H])c([2H])c([2H])c([2H])c54)cc(-n4c5c([2H])c([2H])c([2H])c([2H])c5c5c([2H])c([2H])c([2H])c([2H])c54)c(C#N)c3-n3c4c([2H])c([2H])c([2H])c([2H])c4c4c([2H])c([2H])c([2H])c([2H])c43)n2)c([2H])c1[2H]. The fourth-order valence-electron chi connectivity index (χ4n) is 7.95. The standard InChI is InChI=1S/C58H35N7/c59-36-45-52(63-46-29-13-7-23-39(46)40-24-8-14-30-47(40)63)35-53(64-48-31-15-9-25-41(48)42-26-10-16-32-49(42)64)54(55(45)65-50-33-17-11-27-43(50)44-28-12-18-34-51(44)65)58-61-56(37-19-3-1-4-20-37)60-57(62-58)38-21-5-2-6-22-38/h1-35H/i1D,2D,3D,4D,5D,6D,7D,8D,9D,10D,11D,12D,13D,14D,15D,16D,17D,18D,19D,20D,21D,22D,23D,24D,25D,26D,27D,28D,29D,30D,31D,32D,33D,34D. The van der Waals surface area contributed by atoms with E-state index in [1.54, 1.807) is 0 Å². The van der Waals surface area contributed by atoms with Crippen LogP contribution in [0, 0.1) is 11.3 Å². The quantitative estimate of drug-likeness (QED) is 0.167. The van der Waals surface area contributed by atoms with Crippen molar-refractivity contribution in [1.82, 2.24) is 28.7 Å². The lowest BCUT2D eigenvalue weighted by Gasteiger charge is -2.24. The van der Waals surface area contributed by atoms with Crippen LogP contribution in [0.3, 0.4) is 0 Å². The van der Waals surface area contributed by atoms with Crippen molar-refractivity contribution >= 4 is 65.4 Å². The molecule has 0 N–H and O–H groups in total. The number of fused-ring (bicyclic) bond motifs is 9. The van der Waals surface area contributed by atoms with Crippen molar-refractivity contribution in [2.75, 3.05) is 0 Å². The molecule has 65 heavy (non-hydrogen) atoms. The van der Waals surface area contributed by atoms with Crippen LogP contribution >= 0.6 is 0 Å². The van der Waals surface area contributed by atoms with Gasteiger partial charge in [-0.15, -0.1) is 0 Å². The Bertz CT molecular complexity index is 5750. The smallest absolute Gasteiger partial charge is 0.168 e. The summed E-state index contributed by atoms with van der Waals surface area (Å²) < 4.78 is 315. The first-order chi connectivity index (χ1) is 46.3. The number of nitrogens with zero attached hydrogens (tertiary/aromatic N) is 7. The third-order valence-corrected chi connectivity index (χ3v) is 10.5. The van der Waals surface area contributed by atoms with Gasteiger partial charge in [0.2, 0.25) is 0 Å². The lowest BCUT2D eigenvalue weighted by atomic mass is 9.99.